The summed E-state index contributed by atoms with van der Waals surface area (Å²) in [6, 6.07) is 8.44. The standard InChI is InChI=1S/C23H27F3N2O4/c1-3-4-11-32-20-8-5-16(14-21(20)30-2)22(29)27-19-7-6-17(15-18(19)23(24,25)26)28-9-12-31-13-10-28/h5-8,14-15H,3-4,9-13H2,1-2H3,(H,27,29). The van der Waals surface area contributed by atoms with Crippen molar-refractivity contribution in [2.75, 3.05) is 50.2 Å². The first-order valence-corrected chi connectivity index (χ1v) is 10.5. The molecule has 174 valence electrons. The molecule has 9 heteroatoms. The van der Waals surface area contributed by atoms with Gasteiger partial charge in [0.2, 0.25) is 0 Å². The van der Waals surface area contributed by atoms with E-state index in [2.05, 4.69) is 5.32 Å². The topological polar surface area (TPSA) is 60.0 Å². The highest BCUT2D eigenvalue weighted by molar-refractivity contribution is 6.05. The van der Waals surface area contributed by atoms with Crippen LogP contribution in [0.4, 0.5) is 24.5 Å². The van der Waals surface area contributed by atoms with Crippen molar-refractivity contribution in [3.05, 3.63) is 47.5 Å². The molecule has 0 atom stereocenters. The van der Waals surface area contributed by atoms with Crippen LogP contribution in [0.5, 0.6) is 11.5 Å². The summed E-state index contributed by atoms with van der Waals surface area (Å²) in [5.41, 5.74) is -0.605. The van der Waals surface area contributed by atoms with Crippen molar-refractivity contribution in [1.82, 2.24) is 0 Å². The number of unbranched alkanes of at least 4 members (excludes halogenated alkanes) is 1. The van der Waals surface area contributed by atoms with Crippen LogP contribution in [0.15, 0.2) is 36.4 Å². The van der Waals surface area contributed by atoms with Gasteiger partial charge in [-0.1, -0.05) is 13.3 Å². The van der Waals surface area contributed by atoms with E-state index in [1.807, 2.05) is 11.8 Å². The lowest BCUT2D eigenvalue weighted by Gasteiger charge is -2.29. The predicted octanol–water partition coefficient (Wildman–Crippen LogP) is 4.98. The van der Waals surface area contributed by atoms with Crippen LogP contribution >= 0.6 is 0 Å². The van der Waals surface area contributed by atoms with Crippen LogP contribution < -0.4 is 19.7 Å². The number of morpholine rings is 1. The third kappa shape index (κ3) is 5.85. The number of methoxy groups -OCH3 is 1. The second-order valence-electron chi connectivity index (χ2n) is 7.35. The van der Waals surface area contributed by atoms with Crippen LogP contribution in [-0.4, -0.2) is 45.9 Å². The van der Waals surface area contributed by atoms with Crippen LogP contribution in [0.25, 0.3) is 0 Å². The predicted molar refractivity (Wildman–Crippen MR) is 116 cm³/mol. The van der Waals surface area contributed by atoms with Gasteiger partial charge in [0.05, 0.1) is 38.2 Å². The number of hydrogen-bond donors (Lipinski definition) is 1. The average molecular weight is 452 g/mol. The van der Waals surface area contributed by atoms with Crippen molar-refractivity contribution in [1.29, 1.82) is 0 Å². The van der Waals surface area contributed by atoms with Crippen molar-refractivity contribution in [2.45, 2.75) is 25.9 Å². The van der Waals surface area contributed by atoms with Crippen molar-refractivity contribution in [3.63, 3.8) is 0 Å². The highest BCUT2D eigenvalue weighted by atomic mass is 19.4. The molecule has 32 heavy (non-hydrogen) atoms. The molecule has 1 aliphatic rings. The van der Waals surface area contributed by atoms with Crippen molar-refractivity contribution >= 4 is 17.3 Å². The van der Waals surface area contributed by atoms with Gasteiger partial charge >= 0.3 is 6.18 Å². The molecular formula is C23H27F3N2O4. The van der Waals surface area contributed by atoms with Gasteiger partial charge in [-0.3, -0.25) is 4.79 Å². The summed E-state index contributed by atoms with van der Waals surface area (Å²) in [7, 11) is 1.44. The molecule has 6 nitrogen and oxygen atoms in total. The molecule has 0 spiro atoms. The molecule has 2 aromatic carbocycles. The summed E-state index contributed by atoms with van der Waals surface area (Å²) in [5.74, 6) is 0.142. The molecule has 1 N–H and O–H groups in total. The third-order valence-corrected chi connectivity index (χ3v) is 5.11. The van der Waals surface area contributed by atoms with Gasteiger partial charge in [-0.15, -0.1) is 0 Å². The largest absolute Gasteiger partial charge is 0.493 e. The summed E-state index contributed by atoms with van der Waals surface area (Å²) >= 11 is 0. The number of hydrogen-bond acceptors (Lipinski definition) is 5. The Labute approximate surface area is 185 Å². The van der Waals surface area contributed by atoms with Crippen molar-refractivity contribution < 1.29 is 32.2 Å². The van der Waals surface area contributed by atoms with Gasteiger partial charge in [-0.2, -0.15) is 13.2 Å². The Morgan fingerprint density at radius 3 is 2.53 bits per heavy atom. The molecule has 1 amide bonds. The fourth-order valence-corrected chi connectivity index (χ4v) is 3.34. The quantitative estimate of drug-likeness (QED) is 0.573. The lowest BCUT2D eigenvalue weighted by Crippen LogP contribution is -2.36. The Bertz CT molecular complexity index is 928. The molecule has 0 saturated carbocycles. The summed E-state index contributed by atoms with van der Waals surface area (Å²) in [4.78, 5) is 14.5. The van der Waals surface area contributed by atoms with Gasteiger partial charge in [0, 0.05) is 24.3 Å². The minimum Gasteiger partial charge on any atom is -0.493 e. The molecule has 3 rings (SSSR count). The van der Waals surface area contributed by atoms with Crippen LogP contribution in [0.1, 0.15) is 35.7 Å². The van der Waals surface area contributed by atoms with Crippen LogP contribution in [0, 0.1) is 0 Å². The molecule has 0 aromatic heterocycles. The zero-order valence-corrected chi connectivity index (χ0v) is 18.1. The van der Waals surface area contributed by atoms with Crippen molar-refractivity contribution in [3.8, 4) is 11.5 Å². The molecule has 1 aliphatic heterocycles. The van der Waals surface area contributed by atoms with Gasteiger partial charge in [-0.25, -0.2) is 0 Å². The first-order chi connectivity index (χ1) is 15.3. The zero-order chi connectivity index (χ0) is 23.1. The first-order valence-electron chi connectivity index (χ1n) is 10.5. The number of amides is 1. The van der Waals surface area contributed by atoms with Gasteiger partial charge < -0.3 is 24.4 Å². The Hall–Kier alpha value is -2.94. The summed E-state index contributed by atoms with van der Waals surface area (Å²) < 4.78 is 57.4. The number of rotatable bonds is 8. The number of benzene rings is 2. The van der Waals surface area contributed by atoms with E-state index in [1.165, 1.54) is 25.3 Å². The normalized spacial score (nSPS) is 14.2. The number of carbonyl (C=O) groups excluding carboxylic acids is 1. The maximum atomic E-state index is 13.7. The van der Waals surface area contributed by atoms with E-state index in [0.29, 0.717) is 50.1 Å². The van der Waals surface area contributed by atoms with E-state index in [-0.39, 0.29) is 11.3 Å². The third-order valence-electron chi connectivity index (χ3n) is 5.11. The minimum absolute atomic E-state index is 0.162. The summed E-state index contributed by atoms with van der Waals surface area (Å²) in [6.07, 6.45) is -2.79. The average Bonchev–Trinajstić information content (AvgIpc) is 2.79. The van der Waals surface area contributed by atoms with Gasteiger partial charge in [0.1, 0.15) is 0 Å². The van der Waals surface area contributed by atoms with Gasteiger partial charge in [0.25, 0.3) is 5.91 Å². The van der Waals surface area contributed by atoms with E-state index in [4.69, 9.17) is 14.2 Å². The van der Waals surface area contributed by atoms with Crippen molar-refractivity contribution in [2.24, 2.45) is 0 Å². The van der Waals surface area contributed by atoms with Gasteiger partial charge in [-0.05, 0) is 42.8 Å². The maximum Gasteiger partial charge on any atom is 0.418 e. The second kappa shape index (κ2) is 10.6. The lowest BCUT2D eigenvalue weighted by atomic mass is 10.1. The number of carbonyl (C=O) groups is 1. The molecule has 1 fully saturated rings. The molecule has 0 unspecified atom stereocenters. The monoisotopic (exact) mass is 452 g/mol. The fraction of sp³-hybridized carbons (Fsp3) is 0.435. The maximum absolute atomic E-state index is 13.7. The van der Waals surface area contributed by atoms with E-state index in [9.17, 15) is 18.0 Å². The Morgan fingerprint density at radius 1 is 1.12 bits per heavy atom. The molecule has 0 bridgehead atoms. The highest BCUT2D eigenvalue weighted by Crippen LogP contribution is 2.38. The van der Waals surface area contributed by atoms with Crippen LogP contribution in [0.2, 0.25) is 0 Å². The lowest BCUT2D eigenvalue weighted by molar-refractivity contribution is -0.136. The van der Waals surface area contributed by atoms with E-state index in [0.717, 1.165) is 18.9 Å². The fourth-order valence-electron chi connectivity index (χ4n) is 3.34. The smallest absolute Gasteiger partial charge is 0.418 e. The number of ether oxygens (including phenoxy) is 3. The number of halogens is 3. The van der Waals surface area contributed by atoms with Gasteiger partial charge in [0.15, 0.2) is 11.5 Å². The molecular weight excluding hydrogens is 425 g/mol. The Kier molecular flexibility index (Phi) is 7.84. The highest BCUT2D eigenvalue weighted by Gasteiger charge is 2.35. The first kappa shape index (κ1) is 23.7. The molecule has 1 heterocycles. The SMILES string of the molecule is CCCCOc1ccc(C(=O)Nc2ccc(N3CCOCC3)cc2C(F)(F)F)cc1OC. The van der Waals surface area contributed by atoms with Crippen LogP contribution in [0.3, 0.4) is 0 Å². The Morgan fingerprint density at radius 2 is 1.88 bits per heavy atom. The molecule has 0 aliphatic carbocycles. The number of nitrogens with zero attached hydrogens (tertiary/aromatic N) is 1. The molecule has 2 aromatic rings. The second-order valence-corrected chi connectivity index (χ2v) is 7.35. The zero-order valence-electron chi connectivity index (χ0n) is 18.1. The van der Waals surface area contributed by atoms with E-state index >= 15 is 0 Å². The number of nitrogens with one attached hydrogen (secondary N) is 1. The summed E-state index contributed by atoms with van der Waals surface area (Å²) in [5, 5.41) is 2.39. The Balaban J connectivity index is 1.81. The van der Waals surface area contributed by atoms with E-state index in [1.54, 1.807) is 12.1 Å². The summed E-state index contributed by atoms with van der Waals surface area (Å²) in [6.45, 7) is 4.48. The molecule has 1 saturated heterocycles. The number of alkyl halides is 3. The molecule has 0 radical (unpaired) electrons. The van der Waals surface area contributed by atoms with Crippen LogP contribution in [-0.2, 0) is 10.9 Å². The van der Waals surface area contributed by atoms with E-state index < -0.39 is 17.6 Å². The minimum atomic E-state index is -4.63. The number of anilines is 2.